The quantitative estimate of drug-likeness (QED) is 0.642. The highest BCUT2D eigenvalue weighted by molar-refractivity contribution is 14.1. The molecule has 0 amide bonds. The van der Waals surface area contributed by atoms with E-state index in [1.165, 1.54) is 5.56 Å². The van der Waals surface area contributed by atoms with Gasteiger partial charge in [0.05, 0.1) is 5.56 Å². The van der Waals surface area contributed by atoms with Crippen molar-refractivity contribution in [3.05, 3.63) is 32.9 Å². The molecule has 2 heteroatoms. The van der Waals surface area contributed by atoms with Gasteiger partial charge < -0.3 is 0 Å². The lowest BCUT2D eigenvalue weighted by molar-refractivity contribution is 1.38. The van der Waals surface area contributed by atoms with Gasteiger partial charge in [-0.05, 0) is 41.1 Å². The summed E-state index contributed by atoms with van der Waals surface area (Å²) >= 11 is 2.18. The van der Waals surface area contributed by atoms with E-state index in [1.807, 2.05) is 25.1 Å². The minimum atomic E-state index is 0.764. The van der Waals surface area contributed by atoms with E-state index in [9.17, 15) is 0 Å². The van der Waals surface area contributed by atoms with Crippen molar-refractivity contribution in [1.82, 2.24) is 0 Å². The summed E-state index contributed by atoms with van der Waals surface area (Å²) in [6.45, 7) is 2.00. The largest absolute Gasteiger partial charge is 0.192 e. The number of aryl methyl sites for hydroxylation is 1. The lowest BCUT2D eigenvalue weighted by Gasteiger charge is -1.96. The lowest BCUT2D eigenvalue weighted by Crippen LogP contribution is -1.84. The van der Waals surface area contributed by atoms with Crippen LogP contribution in [-0.2, 0) is 0 Å². The summed E-state index contributed by atoms with van der Waals surface area (Å²) in [6.07, 6.45) is 0. The molecule has 10 heavy (non-hydrogen) atoms. The third-order valence-corrected chi connectivity index (χ3v) is 2.74. The summed E-state index contributed by atoms with van der Waals surface area (Å²) in [5.41, 5.74) is 1.93. The molecule has 1 nitrogen and oxygen atoms in total. The molecule has 0 aromatic heterocycles. The van der Waals surface area contributed by atoms with Crippen LogP contribution >= 0.6 is 22.6 Å². The molecule has 0 spiro atoms. The Morgan fingerprint density at radius 1 is 1.50 bits per heavy atom. The summed E-state index contributed by atoms with van der Waals surface area (Å²) < 4.78 is 1.06. The van der Waals surface area contributed by atoms with Gasteiger partial charge in [-0.1, -0.05) is 12.1 Å². The average molecular weight is 243 g/mol. The van der Waals surface area contributed by atoms with Gasteiger partial charge in [0.2, 0.25) is 0 Å². The molecular weight excluding hydrogens is 237 g/mol. The summed E-state index contributed by atoms with van der Waals surface area (Å²) in [5, 5.41) is 8.59. The van der Waals surface area contributed by atoms with Crippen molar-refractivity contribution in [1.29, 1.82) is 5.26 Å². The normalized spacial score (nSPS) is 8.90. The zero-order chi connectivity index (χ0) is 7.56. The van der Waals surface area contributed by atoms with E-state index >= 15 is 0 Å². The first kappa shape index (κ1) is 7.55. The third kappa shape index (κ3) is 1.29. The second kappa shape index (κ2) is 3.02. The third-order valence-electron chi connectivity index (χ3n) is 1.31. The highest BCUT2D eigenvalue weighted by Crippen LogP contribution is 2.14. The Kier molecular flexibility index (Phi) is 2.28. The molecule has 1 aromatic rings. The Balaban J connectivity index is 3.31. The number of nitriles is 1. The lowest BCUT2D eigenvalue weighted by atomic mass is 10.2. The first-order valence-electron chi connectivity index (χ1n) is 2.91. The maximum Gasteiger partial charge on any atom is 0.100 e. The number of hydrogen-bond donors (Lipinski definition) is 0. The molecular formula is C8H6IN. The van der Waals surface area contributed by atoms with Crippen LogP contribution in [0.15, 0.2) is 18.2 Å². The maximum atomic E-state index is 8.59. The Morgan fingerprint density at radius 2 is 2.20 bits per heavy atom. The number of halogens is 1. The number of nitrogens with zero attached hydrogens (tertiary/aromatic N) is 1. The molecule has 0 heterocycles. The van der Waals surface area contributed by atoms with E-state index in [0.29, 0.717) is 0 Å². The van der Waals surface area contributed by atoms with Gasteiger partial charge in [-0.25, -0.2) is 0 Å². The van der Waals surface area contributed by atoms with Gasteiger partial charge >= 0.3 is 0 Å². The van der Waals surface area contributed by atoms with Crippen LogP contribution in [0.25, 0.3) is 0 Å². The van der Waals surface area contributed by atoms with Crippen LogP contribution < -0.4 is 0 Å². The molecule has 0 saturated carbocycles. The van der Waals surface area contributed by atoms with Crippen LogP contribution in [-0.4, -0.2) is 0 Å². The molecule has 0 N–H and O–H groups in total. The molecule has 0 radical (unpaired) electrons. The van der Waals surface area contributed by atoms with Gasteiger partial charge in [-0.15, -0.1) is 0 Å². The van der Waals surface area contributed by atoms with E-state index in [4.69, 9.17) is 5.26 Å². The van der Waals surface area contributed by atoms with Crippen LogP contribution in [0.2, 0.25) is 0 Å². The SMILES string of the molecule is Cc1cccc(C#N)c1I. The topological polar surface area (TPSA) is 23.8 Å². The fraction of sp³-hybridized carbons (Fsp3) is 0.125. The second-order valence-corrected chi connectivity index (χ2v) is 3.13. The monoisotopic (exact) mass is 243 g/mol. The average Bonchev–Trinajstić information content (AvgIpc) is 1.95. The predicted molar refractivity (Wildman–Crippen MR) is 48.6 cm³/mol. The molecule has 0 bridgehead atoms. The summed E-state index contributed by atoms with van der Waals surface area (Å²) in [5.74, 6) is 0. The van der Waals surface area contributed by atoms with Crippen molar-refractivity contribution >= 4 is 22.6 Å². The van der Waals surface area contributed by atoms with E-state index in [-0.39, 0.29) is 0 Å². The Morgan fingerprint density at radius 3 is 2.70 bits per heavy atom. The van der Waals surface area contributed by atoms with Gasteiger partial charge in [0.15, 0.2) is 0 Å². The second-order valence-electron chi connectivity index (χ2n) is 2.05. The van der Waals surface area contributed by atoms with Gasteiger partial charge in [-0.2, -0.15) is 5.26 Å². The van der Waals surface area contributed by atoms with E-state index in [2.05, 4.69) is 28.7 Å². The fourth-order valence-corrected chi connectivity index (χ4v) is 1.21. The molecule has 0 saturated heterocycles. The Labute approximate surface area is 73.8 Å². The number of rotatable bonds is 0. The van der Waals surface area contributed by atoms with Crippen molar-refractivity contribution in [2.75, 3.05) is 0 Å². The molecule has 0 atom stereocenters. The molecule has 1 aromatic carbocycles. The predicted octanol–water partition coefficient (Wildman–Crippen LogP) is 2.47. The zero-order valence-corrected chi connectivity index (χ0v) is 7.71. The van der Waals surface area contributed by atoms with Gasteiger partial charge in [-0.3, -0.25) is 0 Å². The fourth-order valence-electron chi connectivity index (χ4n) is 0.734. The number of hydrogen-bond acceptors (Lipinski definition) is 1. The minimum absolute atomic E-state index is 0.764. The van der Waals surface area contributed by atoms with Crippen LogP contribution in [0.4, 0.5) is 0 Å². The van der Waals surface area contributed by atoms with Gasteiger partial charge in [0, 0.05) is 3.57 Å². The highest BCUT2D eigenvalue weighted by atomic mass is 127. The molecule has 50 valence electrons. The highest BCUT2D eigenvalue weighted by Gasteiger charge is 1.98. The van der Waals surface area contributed by atoms with Crippen LogP contribution in [0.1, 0.15) is 11.1 Å². The standard InChI is InChI=1S/C8H6IN/c1-6-3-2-4-7(5-10)8(6)9/h2-4H,1H3. The Hall–Kier alpha value is -0.560. The molecule has 0 unspecified atom stereocenters. The summed E-state index contributed by atoms with van der Waals surface area (Å²) in [6, 6.07) is 7.86. The van der Waals surface area contributed by atoms with Crippen LogP contribution in [0, 0.1) is 21.8 Å². The van der Waals surface area contributed by atoms with Crippen molar-refractivity contribution in [2.24, 2.45) is 0 Å². The van der Waals surface area contributed by atoms with E-state index in [1.54, 1.807) is 0 Å². The first-order valence-corrected chi connectivity index (χ1v) is 3.99. The Bertz CT molecular complexity index is 286. The van der Waals surface area contributed by atoms with Crippen LogP contribution in [0.3, 0.4) is 0 Å². The van der Waals surface area contributed by atoms with Crippen molar-refractivity contribution in [3.63, 3.8) is 0 Å². The smallest absolute Gasteiger partial charge is 0.100 e. The van der Waals surface area contributed by atoms with Gasteiger partial charge in [0.1, 0.15) is 6.07 Å². The van der Waals surface area contributed by atoms with Crippen LogP contribution in [0.5, 0.6) is 0 Å². The minimum Gasteiger partial charge on any atom is -0.192 e. The zero-order valence-electron chi connectivity index (χ0n) is 5.56. The van der Waals surface area contributed by atoms with Gasteiger partial charge in [0.25, 0.3) is 0 Å². The first-order chi connectivity index (χ1) is 4.75. The summed E-state index contributed by atoms with van der Waals surface area (Å²) in [4.78, 5) is 0. The van der Waals surface area contributed by atoms with Crippen molar-refractivity contribution < 1.29 is 0 Å². The summed E-state index contributed by atoms with van der Waals surface area (Å²) in [7, 11) is 0. The molecule has 0 fully saturated rings. The molecule has 1 rings (SSSR count). The maximum absolute atomic E-state index is 8.59. The van der Waals surface area contributed by atoms with Crippen molar-refractivity contribution in [2.45, 2.75) is 6.92 Å². The number of benzene rings is 1. The van der Waals surface area contributed by atoms with E-state index < -0.39 is 0 Å². The molecule has 0 aliphatic carbocycles. The molecule has 0 aliphatic rings. The van der Waals surface area contributed by atoms with E-state index in [0.717, 1.165) is 9.13 Å². The van der Waals surface area contributed by atoms with Crippen molar-refractivity contribution in [3.8, 4) is 6.07 Å². The molecule has 0 aliphatic heterocycles.